The Morgan fingerprint density at radius 2 is 1.75 bits per heavy atom. The van der Waals surface area contributed by atoms with Crippen molar-refractivity contribution in [2.24, 2.45) is 0 Å². The molecular formula is C29H35NO2. The lowest BCUT2D eigenvalue weighted by Crippen LogP contribution is -2.24. The fourth-order valence-electron chi connectivity index (χ4n) is 4.43. The van der Waals surface area contributed by atoms with Crippen molar-refractivity contribution in [2.45, 2.75) is 52.6 Å². The second-order valence-corrected chi connectivity index (χ2v) is 8.80. The molecule has 0 fully saturated rings. The zero-order valence-corrected chi connectivity index (χ0v) is 19.5. The molecule has 3 heteroatoms. The van der Waals surface area contributed by atoms with Crippen LogP contribution in [0.4, 0.5) is 0 Å². The Balaban J connectivity index is 1.53. The molecule has 0 aliphatic carbocycles. The number of fused-ring (bicyclic) bond motifs is 3. The van der Waals surface area contributed by atoms with Gasteiger partial charge in [-0.15, -0.1) is 0 Å². The first-order valence-corrected chi connectivity index (χ1v) is 11.9. The maximum Gasteiger partial charge on any atom is 0.122 e. The molecule has 168 valence electrons. The Hall–Kier alpha value is -2.78. The molecule has 0 amide bonds. The van der Waals surface area contributed by atoms with Crippen LogP contribution in [0.2, 0.25) is 0 Å². The van der Waals surface area contributed by atoms with Crippen LogP contribution in [0.1, 0.15) is 54.0 Å². The third-order valence-electron chi connectivity index (χ3n) is 6.02. The van der Waals surface area contributed by atoms with Crippen LogP contribution in [0.15, 0.2) is 66.7 Å². The van der Waals surface area contributed by atoms with Crippen LogP contribution in [0.25, 0.3) is 0 Å². The van der Waals surface area contributed by atoms with Gasteiger partial charge in [0.05, 0.1) is 13.2 Å². The van der Waals surface area contributed by atoms with Gasteiger partial charge in [-0.3, -0.25) is 4.90 Å². The molecule has 32 heavy (non-hydrogen) atoms. The lowest BCUT2D eigenvalue weighted by molar-refractivity contribution is 0.243. The van der Waals surface area contributed by atoms with E-state index in [0.717, 1.165) is 50.6 Å². The van der Waals surface area contributed by atoms with Crippen LogP contribution in [-0.2, 0) is 19.5 Å². The number of hydrogen-bond donors (Lipinski definition) is 0. The first-order valence-electron chi connectivity index (χ1n) is 11.9. The normalized spacial score (nSPS) is 15.3. The predicted molar refractivity (Wildman–Crippen MR) is 131 cm³/mol. The smallest absolute Gasteiger partial charge is 0.122 e. The highest BCUT2D eigenvalue weighted by Gasteiger charge is 2.11. The number of ether oxygens (including phenoxy) is 2. The van der Waals surface area contributed by atoms with Gasteiger partial charge >= 0.3 is 0 Å². The molecule has 0 atom stereocenters. The predicted octanol–water partition coefficient (Wildman–Crippen LogP) is 6.55. The zero-order valence-electron chi connectivity index (χ0n) is 19.5. The SMILES string of the molecule is CCOc1ccc(CN2CCCCCOc3ccc(C)cc3Cc3cccc(c3)C2)cc1. The van der Waals surface area contributed by atoms with E-state index in [0.29, 0.717) is 6.61 Å². The molecule has 4 rings (SSSR count). The molecule has 1 aliphatic heterocycles. The van der Waals surface area contributed by atoms with Gasteiger partial charge in [0.25, 0.3) is 0 Å². The molecule has 0 unspecified atom stereocenters. The fourth-order valence-corrected chi connectivity index (χ4v) is 4.43. The first kappa shape index (κ1) is 22.4. The van der Waals surface area contributed by atoms with E-state index < -0.39 is 0 Å². The Kier molecular flexibility index (Phi) is 7.84. The topological polar surface area (TPSA) is 21.7 Å². The summed E-state index contributed by atoms with van der Waals surface area (Å²) in [7, 11) is 0. The third-order valence-corrected chi connectivity index (χ3v) is 6.02. The second kappa shape index (κ2) is 11.2. The number of rotatable bonds is 4. The highest BCUT2D eigenvalue weighted by molar-refractivity contribution is 5.41. The number of hydrogen-bond acceptors (Lipinski definition) is 3. The molecule has 0 N–H and O–H groups in total. The fraction of sp³-hybridized carbons (Fsp3) is 0.379. The van der Waals surface area contributed by atoms with E-state index in [1.165, 1.54) is 40.7 Å². The molecule has 0 radical (unpaired) electrons. The standard InChI is InChI=1S/C29H35NO2/c1-3-31-28-13-11-24(12-14-28)21-30-16-5-4-6-17-32-29-15-10-23(2)18-27(29)20-25-8-7-9-26(19-25)22-30/h7-15,18-19H,3-6,16-17,20-22H2,1-2H3. The molecule has 1 aliphatic rings. The van der Waals surface area contributed by atoms with Crippen molar-refractivity contribution in [3.63, 3.8) is 0 Å². The third kappa shape index (κ3) is 6.37. The van der Waals surface area contributed by atoms with Gasteiger partial charge in [-0.2, -0.15) is 0 Å². The summed E-state index contributed by atoms with van der Waals surface area (Å²) < 4.78 is 11.8. The van der Waals surface area contributed by atoms with Gasteiger partial charge in [0.1, 0.15) is 11.5 Å². The quantitative estimate of drug-likeness (QED) is 0.469. The summed E-state index contributed by atoms with van der Waals surface area (Å²) in [5, 5.41) is 0. The lowest BCUT2D eigenvalue weighted by Gasteiger charge is -2.23. The van der Waals surface area contributed by atoms with Crippen molar-refractivity contribution in [2.75, 3.05) is 19.8 Å². The minimum Gasteiger partial charge on any atom is -0.494 e. The molecule has 0 saturated heterocycles. The van der Waals surface area contributed by atoms with E-state index in [2.05, 4.69) is 78.6 Å². The van der Waals surface area contributed by atoms with E-state index in [1.54, 1.807) is 0 Å². The van der Waals surface area contributed by atoms with Gasteiger partial charge in [0.2, 0.25) is 0 Å². The van der Waals surface area contributed by atoms with Crippen LogP contribution < -0.4 is 9.47 Å². The molecule has 3 aromatic carbocycles. The van der Waals surface area contributed by atoms with Crippen molar-refractivity contribution in [1.29, 1.82) is 0 Å². The van der Waals surface area contributed by atoms with Gasteiger partial charge in [0.15, 0.2) is 0 Å². The van der Waals surface area contributed by atoms with Crippen LogP contribution in [0, 0.1) is 6.92 Å². The number of nitrogens with zero attached hydrogens (tertiary/aromatic N) is 1. The molecule has 0 saturated carbocycles. The van der Waals surface area contributed by atoms with Crippen molar-refractivity contribution in [3.05, 3.63) is 94.5 Å². The van der Waals surface area contributed by atoms with Crippen LogP contribution in [0.3, 0.4) is 0 Å². The van der Waals surface area contributed by atoms with Gasteiger partial charge in [-0.05, 0) is 80.1 Å². The van der Waals surface area contributed by atoms with Gasteiger partial charge < -0.3 is 9.47 Å². The maximum absolute atomic E-state index is 6.19. The minimum absolute atomic E-state index is 0.704. The van der Waals surface area contributed by atoms with Crippen molar-refractivity contribution < 1.29 is 9.47 Å². The molecule has 0 spiro atoms. The van der Waals surface area contributed by atoms with Crippen molar-refractivity contribution >= 4 is 0 Å². The highest BCUT2D eigenvalue weighted by atomic mass is 16.5. The zero-order chi connectivity index (χ0) is 22.2. The summed E-state index contributed by atoms with van der Waals surface area (Å²) in [4.78, 5) is 2.57. The summed E-state index contributed by atoms with van der Waals surface area (Å²) in [6.45, 7) is 8.68. The van der Waals surface area contributed by atoms with E-state index in [4.69, 9.17) is 9.47 Å². The van der Waals surface area contributed by atoms with Crippen molar-refractivity contribution in [3.8, 4) is 11.5 Å². The number of benzene rings is 3. The van der Waals surface area contributed by atoms with E-state index in [1.807, 2.05) is 6.92 Å². The monoisotopic (exact) mass is 429 g/mol. The van der Waals surface area contributed by atoms with E-state index in [9.17, 15) is 0 Å². The molecule has 1 heterocycles. The second-order valence-electron chi connectivity index (χ2n) is 8.80. The van der Waals surface area contributed by atoms with Gasteiger partial charge in [-0.25, -0.2) is 0 Å². The van der Waals surface area contributed by atoms with Crippen LogP contribution in [-0.4, -0.2) is 24.7 Å². The average Bonchev–Trinajstić information content (AvgIpc) is 2.78. The number of aryl methyl sites for hydroxylation is 1. The Labute approximate surface area is 193 Å². The summed E-state index contributed by atoms with van der Waals surface area (Å²) in [5.74, 6) is 1.98. The van der Waals surface area contributed by atoms with Crippen LogP contribution >= 0.6 is 0 Å². The Bertz CT molecular complexity index is 996. The highest BCUT2D eigenvalue weighted by Crippen LogP contribution is 2.25. The maximum atomic E-state index is 6.19. The summed E-state index contributed by atoms with van der Waals surface area (Å²) in [5.41, 5.74) is 6.62. The largest absolute Gasteiger partial charge is 0.494 e. The Morgan fingerprint density at radius 1 is 0.906 bits per heavy atom. The molecular weight excluding hydrogens is 394 g/mol. The molecule has 3 nitrogen and oxygen atoms in total. The van der Waals surface area contributed by atoms with E-state index >= 15 is 0 Å². The lowest BCUT2D eigenvalue weighted by atomic mass is 10.00. The Morgan fingerprint density at radius 3 is 2.59 bits per heavy atom. The average molecular weight is 430 g/mol. The van der Waals surface area contributed by atoms with Crippen LogP contribution in [0.5, 0.6) is 11.5 Å². The minimum atomic E-state index is 0.704. The first-order chi connectivity index (χ1) is 15.7. The van der Waals surface area contributed by atoms with E-state index in [-0.39, 0.29) is 0 Å². The summed E-state index contributed by atoms with van der Waals surface area (Å²) >= 11 is 0. The van der Waals surface area contributed by atoms with Gasteiger partial charge in [-0.1, -0.05) is 54.1 Å². The van der Waals surface area contributed by atoms with Gasteiger partial charge in [0, 0.05) is 19.5 Å². The molecule has 2 bridgehead atoms. The molecule has 3 aromatic rings. The summed E-state index contributed by atoms with van der Waals surface area (Å²) in [6, 6.07) is 24.2. The van der Waals surface area contributed by atoms with Crippen molar-refractivity contribution in [1.82, 2.24) is 4.90 Å². The molecule has 0 aromatic heterocycles. The summed E-state index contributed by atoms with van der Waals surface area (Å²) in [6.07, 6.45) is 4.36.